The summed E-state index contributed by atoms with van der Waals surface area (Å²) in [5.41, 5.74) is 4.86. The highest BCUT2D eigenvalue weighted by Gasteiger charge is 2.17. The van der Waals surface area contributed by atoms with Crippen LogP contribution in [0.15, 0.2) is 27.4 Å². The molecule has 0 spiro atoms. The van der Waals surface area contributed by atoms with Crippen molar-refractivity contribution in [3.63, 3.8) is 0 Å². The molecule has 1 N–H and O–H groups in total. The van der Waals surface area contributed by atoms with Crippen molar-refractivity contribution >= 4 is 38.9 Å². The van der Waals surface area contributed by atoms with Gasteiger partial charge in [0.05, 0.1) is 9.83 Å². The second-order valence-corrected chi connectivity index (χ2v) is 7.06. The van der Waals surface area contributed by atoms with Crippen LogP contribution in [-0.2, 0) is 0 Å². The number of halogens is 2. The molecule has 1 heterocycles. The summed E-state index contributed by atoms with van der Waals surface area (Å²) >= 11 is 11.6. The fraction of sp³-hybridized carbons (Fsp3) is 0.286. The Labute approximate surface area is 125 Å². The Morgan fingerprint density at radius 1 is 1.22 bits per heavy atom. The van der Waals surface area contributed by atoms with Crippen LogP contribution < -0.4 is 5.32 Å². The van der Waals surface area contributed by atoms with Crippen molar-refractivity contribution in [1.29, 1.82) is 0 Å². The van der Waals surface area contributed by atoms with E-state index in [1.54, 1.807) is 11.3 Å². The molecule has 2 rings (SSSR count). The SMILES string of the molecule is CNC(c1csc(Br)c1)c1cc(C)c(C)cc1Cl. The van der Waals surface area contributed by atoms with Crippen LogP contribution in [0, 0.1) is 13.8 Å². The Morgan fingerprint density at radius 3 is 2.44 bits per heavy atom. The summed E-state index contributed by atoms with van der Waals surface area (Å²) in [6.07, 6.45) is 0. The first-order chi connectivity index (χ1) is 8.52. The predicted molar refractivity (Wildman–Crippen MR) is 83.8 cm³/mol. The molecule has 0 saturated heterocycles. The summed E-state index contributed by atoms with van der Waals surface area (Å²) in [7, 11) is 1.96. The zero-order valence-electron chi connectivity index (χ0n) is 10.6. The molecule has 0 aliphatic rings. The average molecular weight is 345 g/mol. The molecule has 1 atom stereocenters. The van der Waals surface area contributed by atoms with E-state index in [4.69, 9.17) is 11.6 Å². The maximum Gasteiger partial charge on any atom is 0.0701 e. The summed E-state index contributed by atoms with van der Waals surface area (Å²) in [4.78, 5) is 0. The Hall–Kier alpha value is -0.350. The lowest BCUT2D eigenvalue weighted by Crippen LogP contribution is -2.17. The highest BCUT2D eigenvalue weighted by molar-refractivity contribution is 9.11. The summed E-state index contributed by atoms with van der Waals surface area (Å²) in [5, 5.41) is 6.31. The van der Waals surface area contributed by atoms with Crippen LogP contribution in [0.2, 0.25) is 5.02 Å². The lowest BCUT2D eigenvalue weighted by atomic mass is 9.97. The lowest BCUT2D eigenvalue weighted by molar-refractivity contribution is 0.693. The second-order valence-electron chi connectivity index (χ2n) is 4.36. The fourth-order valence-electron chi connectivity index (χ4n) is 2.00. The first-order valence-corrected chi connectivity index (χ1v) is 7.76. The second kappa shape index (κ2) is 5.74. The molecular formula is C14H15BrClNS. The van der Waals surface area contributed by atoms with Gasteiger partial charge in [0.25, 0.3) is 0 Å². The van der Waals surface area contributed by atoms with Gasteiger partial charge in [0.2, 0.25) is 0 Å². The normalized spacial score (nSPS) is 12.7. The number of aryl methyl sites for hydroxylation is 2. The molecule has 2 aromatic rings. The molecule has 4 heteroatoms. The van der Waals surface area contributed by atoms with E-state index >= 15 is 0 Å². The van der Waals surface area contributed by atoms with Crippen molar-refractivity contribution in [2.75, 3.05) is 7.05 Å². The van der Waals surface area contributed by atoms with Gasteiger partial charge in [0.1, 0.15) is 0 Å². The number of hydrogen-bond acceptors (Lipinski definition) is 2. The third-order valence-electron chi connectivity index (χ3n) is 3.13. The van der Waals surface area contributed by atoms with Crippen LogP contribution >= 0.6 is 38.9 Å². The molecule has 18 heavy (non-hydrogen) atoms. The molecule has 1 unspecified atom stereocenters. The van der Waals surface area contributed by atoms with Crippen molar-refractivity contribution in [2.24, 2.45) is 0 Å². The van der Waals surface area contributed by atoms with Crippen molar-refractivity contribution in [1.82, 2.24) is 5.32 Å². The van der Waals surface area contributed by atoms with Crippen molar-refractivity contribution in [3.8, 4) is 0 Å². The molecule has 1 nitrogen and oxygen atoms in total. The largest absolute Gasteiger partial charge is 0.309 e. The molecule has 0 saturated carbocycles. The van der Waals surface area contributed by atoms with E-state index in [1.807, 2.05) is 13.1 Å². The molecule has 0 amide bonds. The van der Waals surface area contributed by atoms with E-state index in [0.717, 1.165) is 14.4 Å². The molecule has 0 fully saturated rings. The number of nitrogens with one attached hydrogen (secondary N) is 1. The fourth-order valence-corrected chi connectivity index (χ4v) is 3.53. The van der Waals surface area contributed by atoms with Gasteiger partial charge >= 0.3 is 0 Å². The van der Waals surface area contributed by atoms with Crippen LogP contribution in [0.5, 0.6) is 0 Å². The number of thiophene rings is 1. The number of hydrogen-bond donors (Lipinski definition) is 1. The van der Waals surface area contributed by atoms with Gasteiger partial charge in [-0.2, -0.15) is 0 Å². The highest BCUT2D eigenvalue weighted by atomic mass is 79.9. The molecule has 0 radical (unpaired) electrons. The average Bonchev–Trinajstić information content (AvgIpc) is 2.73. The van der Waals surface area contributed by atoms with E-state index in [-0.39, 0.29) is 6.04 Å². The van der Waals surface area contributed by atoms with Gasteiger partial charge in [-0.25, -0.2) is 0 Å². The van der Waals surface area contributed by atoms with Gasteiger partial charge in [0, 0.05) is 5.02 Å². The Bertz CT molecular complexity index is 565. The Kier molecular flexibility index (Phi) is 4.49. The van der Waals surface area contributed by atoms with E-state index < -0.39 is 0 Å². The zero-order chi connectivity index (χ0) is 13.3. The minimum absolute atomic E-state index is 0.138. The maximum absolute atomic E-state index is 6.38. The van der Waals surface area contributed by atoms with Crippen LogP contribution in [0.3, 0.4) is 0 Å². The molecular weight excluding hydrogens is 330 g/mol. The van der Waals surface area contributed by atoms with Gasteiger partial charge in [-0.1, -0.05) is 17.7 Å². The molecule has 0 aliphatic heterocycles. The summed E-state index contributed by atoms with van der Waals surface area (Å²) in [5.74, 6) is 0. The quantitative estimate of drug-likeness (QED) is 0.818. The lowest BCUT2D eigenvalue weighted by Gasteiger charge is -2.18. The van der Waals surface area contributed by atoms with Gasteiger partial charge in [-0.15, -0.1) is 11.3 Å². The summed E-state index contributed by atoms with van der Waals surface area (Å²) < 4.78 is 1.14. The van der Waals surface area contributed by atoms with Crippen LogP contribution in [0.4, 0.5) is 0 Å². The molecule has 0 aliphatic carbocycles. The topological polar surface area (TPSA) is 12.0 Å². The molecule has 1 aromatic carbocycles. The van der Waals surface area contributed by atoms with Crippen molar-refractivity contribution < 1.29 is 0 Å². The third kappa shape index (κ3) is 2.80. The maximum atomic E-state index is 6.38. The van der Waals surface area contributed by atoms with Crippen LogP contribution in [-0.4, -0.2) is 7.05 Å². The van der Waals surface area contributed by atoms with E-state index in [2.05, 4.69) is 52.6 Å². The standard InChI is InChI=1S/C14H15BrClNS/c1-8-4-11(12(16)5-9(8)2)14(17-3)10-6-13(15)18-7-10/h4-7,14,17H,1-3H3. The summed E-state index contributed by atoms with van der Waals surface area (Å²) in [6, 6.07) is 6.49. The van der Waals surface area contributed by atoms with E-state index in [9.17, 15) is 0 Å². The monoisotopic (exact) mass is 343 g/mol. The number of benzene rings is 1. The zero-order valence-corrected chi connectivity index (χ0v) is 13.7. The van der Waals surface area contributed by atoms with E-state index in [1.165, 1.54) is 16.7 Å². The summed E-state index contributed by atoms with van der Waals surface area (Å²) in [6.45, 7) is 4.20. The molecule has 0 bridgehead atoms. The van der Waals surface area contributed by atoms with Gasteiger partial charge in [0.15, 0.2) is 0 Å². The van der Waals surface area contributed by atoms with Gasteiger partial charge < -0.3 is 5.32 Å². The highest BCUT2D eigenvalue weighted by Crippen LogP contribution is 2.33. The first-order valence-electron chi connectivity index (χ1n) is 5.70. The van der Waals surface area contributed by atoms with Gasteiger partial charge in [-0.3, -0.25) is 0 Å². The van der Waals surface area contributed by atoms with E-state index in [0.29, 0.717) is 0 Å². The van der Waals surface area contributed by atoms with Crippen molar-refractivity contribution in [2.45, 2.75) is 19.9 Å². The minimum Gasteiger partial charge on any atom is -0.309 e. The smallest absolute Gasteiger partial charge is 0.0701 e. The Balaban J connectivity index is 2.48. The molecule has 96 valence electrons. The Morgan fingerprint density at radius 2 is 1.89 bits per heavy atom. The third-order valence-corrected chi connectivity index (χ3v) is 4.98. The van der Waals surface area contributed by atoms with Crippen LogP contribution in [0.25, 0.3) is 0 Å². The minimum atomic E-state index is 0.138. The molecule has 1 aromatic heterocycles. The van der Waals surface area contributed by atoms with Gasteiger partial charge in [-0.05, 0) is 76.6 Å². The van der Waals surface area contributed by atoms with Crippen LogP contribution in [0.1, 0.15) is 28.3 Å². The number of rotatable bonds is 3. The van der Waals surface area contributed by atoms with Crippen molar-refractivity contribution in [3.05, 3.63) is 54.6 Å². The predicted octanol–water partition coefficient (Wildman–Crippen LogP) is 5.09. The first kappa shape index (κ1) is 14.1.